The molecule has 0 saturated carbocycles. The van der Waals surface area contributed by atoms with E-state index in [1.54, 1.807) is 11.8 Å². The molecule has 1 unspecified atom stereocenters. The number of hydrogen-bond donors (Lipinski definition) is 1. The maximum atomic E-state index is 10.6. The van der Waals surface area contributed by atoms with Gasteiger partial charge in [-0.2, -0.15) is 0 Å². The molecule has 0 aliphatic rings. The van der Waals surface area contributed by atoms with Crippen molar-refractivity contribution in [2.45, 2.75) is 31.2 Å². The lowest BCUT2D eigenvalue weighted by Gasteiger charge is -2.27. The first-order valence-electron chi connectivity index (χ1n) is 6.18. The molecule has 1 aromatic carbocycles. The summed E-state index contributed by atoms with van der Waals surface area (Å²) in [5, 5.41) is 8.75. The van der Waals surface area contributed by atoms with Crippen molar-refractivity contribution in [2.24, 2.45) is 0 Å². The molecule has 3 nitrogen and oxygen atoms in total. The van der Waals surface area contributed by atoms with Crippen LogP contribution in [0.15, 0.2) is 29.2 Å². The minimum absolute atomic E-state index is 0.196. The van der Waals surface area contributed by atoms with Crippen LogP contribution >= 0.6 is 11.8 Å². The second-order valence-electron chi connectivity index (χ2n) is 4.22. The minimum atomic E-state index is -0.738. The van der Waals surface area contributed by atoms with E-state index in [0.29, 0.717) is 6.54 Å². The third-order valence-corrected chi connectivity index (χ3v) is 3.91. The van der Waals surface area contributed by atoms with Crippen molar-refractivity contribution in [3.63, 3.8) is 0 Å². The van der Waals surface area contributed by atoms with E-state index in [9.17, 15) is 4.79 Å². The van der Waals surface area contributed by atoms with Crippen molar-refractivity contribution in [3.8, 4) is 0 Å². The average Bonchev–Trinajstić information content (AvgIpc) is 2.39. The van der Waals surface area contributed by atoms with E-state index < -0.39 is 5.97 Å². The lowest BCUT2D eigenvalue weighted by Crippen LogP contribution is -2.29. The van der Waals surface area contributed by atoms with E-state index in [1.807, 2.05) is 0 Å². The zero-order valence-electron chi connectivity index (χ0n) is 11.2. The quantitative estimate of drug-likeness (QED) is 0.770. The maximum Gasteiger partial charge on any atom is 0.304 e. The van der Waals surface area contributed by atoms with Gasteiger partial charge in [0.25, 0.3) is 0 Å². The first-order valence-corrected chi connectivity index (χ1v) is 7.40. The molecule has 1 N–H and O–H groups in total. The Kier molecular flexibility index (Phi) is 6.22. The summed E-state index contributed by atoms with van der Waals surface area (Å²) in [6.07, 6.45) is 2.25. The summed E-state index contributed by atoms with van der Waals surface area (Å²) in [4.78, 5) is 14.1. The number of carboxylic acids is 1. The smallest absolute Gasteiger partial charge is 0.304 e. The van der Waals surface area contributed by atoms with Crippen LogP contribution in [0.2, 0.25) is 0 Å². The molecule has 0 aromatic heterocycles. The van der Waals surface area contributed by atoms with Crippen LogP contribution < -0.4 is 0 Å². The number of carbonyl (C=O) groups is 1. The standard InChI is InChI=1S/C14H21NO2S/c1-4-15(10-9-14(16)17)11(2)12-5-7-13(18-3)8-6-12/h5-8,11H,4,9-10H2,1-3H3,(H,16,17). The van der Waals surface area contributed by atoms with Crippen molar-refractivity contribution in [3.05, 3.63) is 29.8 Å². The van der Waals surface area contributed by atoms with Crippen LogP contribution in [-0.2, 0) is 4.79 Å². The van der Waals surface area contributed by atoms with Crippen molar-refractivity contribution >= 4 is 17.7 Å². The van der Waals surface area contributed by atoms with Crippen LogP contribution in [0.5, 0.6) is 0 Å². The molecule has 0 saturated heterocycles. The van der Waals surface area contributed by atoms with E-state index in [1.165, 1.54) is 10.5 Å². The summed E-state index contributed by atoms with van der Waals surface area (Å²) in [6.45, 7) is 5.64. The monoisotopic (exact) mass is 267 g/mol. The lowest BCUT2D eigenvalue weighted by atomic mass is 10.1. The first-order chi connectivity index (χ1) is 8.58. The molecule has 0 fully saturated rings. The van der Waals surface area contributed by atoms with E-state index in [0.717, 1.165) is 6.54 Å². The van der Waals surface area contributed by atoms with Gasteiger partial charge in [-0.25, -0.2) is 0 Å². The highest BCUT2D eigenvalue weighted by atomic mass is 32.2. The highest BCUT2D eigenvalue weighted by Gasteiger charge is 2.14. The molecule has 0 spiro atoms. The van der Waals surface area contributed by atoms with Crippen LogP contribution in [0.3, 0.4) is 0 Å². The van der Waals surface area contributed by atoms with Crippen LogP contribution in [0.4, 0.5) is 0 Å². The Hall–Kier alpha value is -1.00. The van der Waals surface area contributed by atoms with Gasteiger partial charge >= 0.3 is 5.97 Å². The summed E-state index contributed by atoms with van der Waals surface area (Å²) in [5.41, 5.74) is 1.24. The second-order valence-corrected chi connectivity index (χ2v) is 5.10. The Morgan fingerprint density at radius 2 is 2.00 bits per heavy atom. The van der Waals surface area contributed by atoms with Gasteiger partial charge in [0.2, 0.25) is 0 Å². The molecular weight excluding hydrogens is 246 g/mol. The van der Waals surface area contributed by atoms with Gasteiger partial charge in [-0.15, -0.1) is 11.8 Å². The summed E-state index contributed by atoms with van der Waals surface area (Å²) >= 11 is 1.73. The number of benzene rings is 1. The normalized spacial score (nSPS) is 12.7. The van der Waals surface area contributed by atoms with Crippen LogP contribution in [-0.4, -0.2) is 35.3 Å². The fraction of sp³-hybridized carbons (Fsp3) is 0.500. The zero-order chi connectivity index (χ0) is 13.5. The number of thioether (sulfide) groups is 1. The fourth-order valence-electron chi connectivity index (χ4n) is 1.96. The van der Waals surface area contributed by atoms with Gasteiger partial charge in [0.05, 0.1) is 6.42 Å². The Balaban J connectivity index is 2.69. The fourth-order valence-corrected chi connectivity index (χ4v) is 2.37. The molecule has 1 aromatic rings. The second kappa shape index (κ2) is 7.44. The molecule has 100 valence electrons. The van der Waals surface area contributed by atoms with Crippen molar-refractivity contribution < 1.29 is 9.90 Å². The summed E-state index contributed by atoms with van der Waals surface area (Å²) in [5.74, 6) is -0.738. The lowest BCUT2D eigenvalue weighted by molar-refractivity contribution is -0.137. The highest BCUT2D eigenvalue weighted by molar-refractivity contribution is 7.98. The number of hydrogen-bond acceptors (Lipinski definition) is 3. The molecule has 18 heavy (non-hydrogen) atoms. The van der Waals surface area contributed by atoms with Gasteiger partial charge in [0.1, 0.15) is 0 Å². The highest BCUT2D eigenvalue weighted by Crippen LogP contribution is 2.23. The van der Waals surface area contributed by atoms with Crippen LogP contribution in [0.25, 0.3) is 0 Å². The third kappa shape index (κ3) is 4.35. The number of aliphatic carboxylic acids is 1. The molecule has 1 rings (SSSR count). The van der Waals surface area contributed by atoms with Gasteiger partial charge in [0, 0.05) is 17.5 Å². The largest absolute Gasteiger partial charge is 0.481 e. The van der Waals surface area contributed by atoms with E-state index in [-0.39, 0.29) is 12.5 Å². The summed E-state index contributed by atoms with van der Waals surface area (Å²) < 4.78 is 0. The van der Waals surface area contributed by atoms with Crippen LogP contribution in [0, 0.1) is 0 Å². The average molecular weight is 267 g/mol. The van der Waals surface area contributed by atoms with Crippen molar-refractivity contribution in [1.82, 2.24) is 4.90 Å². The molecule has 0 aliphatic carbocycles. The Bertz CT molecular complexity index is 378. The third-order valence-electron chi connectivity index (χ3n) is 3.16. The molecular formula is C14H21NO2S. The molecule has 0 heterocycles. The van der Waals surface area contributed by atoms with E-state index in [4.69, 9.17) is 5.11 Å². The van der Waals surface area contributed by atoms with E-state index in [2.05, 4.69) is 49.3 Å². The van der Waals surface area contributed by atoms with Gasteiger partial charge in [-0.1, -0.05) is 19.1 Å². The maximum absolute atomic E-state index is 10.6. The Morgan fingerprint density at radius 3 is 2.44 bits per heavy atom. The summed E-state index contributed by atoms with van der Waals surface area (Å²) in [6, 6.07) is 8.73. The topological polar surface area (TPSA) is 40.5 Å². The predicted octanol–water partition coefficient (Wildman–Crippen LogP) is 3.27. The molecule has 0 amide bonds. The van der Waals surface area contributed by atoms with Crippen LogP contribution in [0.1, 0.15) is 31.9 Å². The van der Waals surface area contributed by atoms with Gasteiger partial charge in [-0.05, 0) is 37.4 Å². The Morgan fingerprint density at radius 1 is 1.39 bits per heavy atom. The SMILES string of the molecule is CCN(CCC(=O)O)C(C)c1ccc(SC)cc1. The number of nitrogens with zero attached hydrogens (tertiary/aromatic N) is 1. The summed E-state index contributed by atoms with van der Waals surface area (Å²) in [7, 11) is 0. The number of carboxylic acid groups (broad SMARTS) is 1. The van der Waals surface area contributed by atoms with Gasteiger partial charge < -0.3 is 5.11 Å². The predicted molar refractivity (Wildman–Crippen MR) is 76.1 cm³/mol. The Labute approximate surface area is 113 Å². The minimum Gasteiger partial charge on any atom is -0.481 e. The van der Waals surface area contributed by atoms with Crippen molar-refractivity contribution in [2.75, 3.05) is 19.3 Å². The molecule has 4 heteroatoms. The van der Waals surface area contributed by atoms with Gasteiger partial charge in [-0.3, -0.25) is 9.69 Å². The number of rotatable bonds is 7. The molecule has 0 radical (unpaired) electrons. The molecule has 0 bridgehead atoms. The molecule has 1 atom stereocenters. The van der Waals surface area contributed by atoms with Gasteiger partial charge in [0.15, 0.2) is 0 Å². The van der Waals surface area contributed by atoms with Crippen molar-refractivity contribution in [1.29, 1.82) is 0 Å². The first kappa shape index (κ1) is 15.1. The zero-order valence-corrected chi connectivity index (χ0v) is 12.0. The van der Waals surface area contributed by atoms with E-state index >= 15 is 0 Å². The molecule has 0 aliphatic heterocycles.